The molecule has 4 nitrogen and oxygen atoms in total. The lowest BCUT2D eigenvalue weighted by Crippen LogP contribution is -2.34. The van der Waals surface area contributed by atoms with Gasteiger partial charge in [-0.25, -0.2) is 0 Å². The zero-order valence-corrected chi connectivity index (χ0v) is 11.4. The van der Waals surface area contributed by atoms with Gasteiger partial charge in [0.25, 0.3) is 0 Å². The van der Waals surface area contributed by atoms with Crippen molar-refractivity contribution >= 4 is 5.91 Å². The summed E-state index contributed by atoms with van der Waals surface area (Å²) in [6.07, 6.45) is 2.95. The lowest BCUT2D eigenvalue weighted by Gasteiger charge is -2.22. The van der Waals surface area contributed by atoms with Crippen molar-refractivity contribution in [3.63, 3.8) is 0 Å². The molecule has 1 saturated heterocycles. The fraction of sp³-hybridized carbons (Fsp3) is 0.533. The van der Waals surface area contributed by atoms with Crippen LogP contribution in [0.1, 0.15) is 24.8 Å². The van der Waals surface area contributed by atoms with E-state index in [1.165, 1.54) is 6.42 Å². The second kappa shape index (κ2) is 7.14. The zero-order valence-electron chi connectivity index (χ0n) is 11.4. The Kier molecular flexibility index (Phi) is 5.21. The first kappa shape index (κ1) is 13.9. The number of hydrogen-bond donors (Lipinski definition) is 2. The normalized spacial score (nSPS) is 18.9. The molecular formula is C15H22N2O2. The van der Waals surface area contributed by atoms with Crippen LogP contribution in [0.2, 0.25) is 0 Å². The second-order valence-corrected chi connectivity index (χ2v) is 5.04. The molecule has 0 saturated carbocycles. The number of methoxy groups -OCH3 is 1. The third-order valence-corrected chi connectivity index (χ3v) is 3.50. The maximum Gasteiger partial charge on any atom is 0.220 e. The average Bonchev–Trinajstić information content (AvgIpc) is 2.46. The molecule has 1 aliphatic heterocycles. The number of carbonyl (C=O) groups excluding carboxylic acids is 1. The molecular weight excluding hydrogens is 240 g/mol. The van der Waals surface area contributed by atoms with Gasteiger partial charge in [0.15, 0.2) is 0 Å². The first-order valence-corrected chi connectivity index (χ1v) is 6.88. The Morgan fingerprint density at radius 2 is 2.42 bits per heavy atom. The predicted octanol–water partition coefficient (Wildman–Crippen LogP) is 1.70. The maximum absolute atomic E-state index is 11.9. The van der Waals surface area contributed by atoms with E-state index in [-0.39, 0.29) is 5.91 Å². The Balaban J connectivity index is 1.76. The highest BCUT2D eigenvalue weighted by molar-refractivity contribution is 5.76. The minimum absolute atomic E-state index is 0.136. The van der Waals surface area contributed by atoms with Crippen molar-refractivity contribution in [2.24, 2.45) is 5.92 Å². The standard InChI is InChI=1S/C15H22N2O2/c1-19-14-6-2-4-12(8-14)11-17-15(18)9-13-5-3-7-16-10-13/h2,4,6,8,13,16H,3,5,7,9-11H2,1H3,(H,17,18). The molecule has 1 aromatic carbocycles. The van der Waals surface area contributed by atoms with Crippen LogP contribution >= 0.6 is 0 Å². The molecule has 1 unspecified atom stereocenters. The van der Waals surface area contributed by atoms with Crippen LogP contribution < -0.4 is 15.4 Å². The molecule has 1 aromatic rings. The minimum Gasteiger partial charge on any atom is -0.497 e. The van der Waals surface area contributed by atoms with Crippen LogP contribution in [0.4, 0.5) is 0 Å². The lowest BCUT2D eigenvalue weighted by molar-refractivity contribution is -0.122. The molecule has 104 valence electrons. The van der Waals surface area contributed by atoms with Gasteiger partial charge < -0.3 is 15.4 Å². The van der Waals surface area contributed by atoms with Gasteiger partial charge in [0.1, 0.15) is 5.75 Å². The topological polar surface area (TPSA) is 50.4 Å². The van der Waals surface area contributed by atoms with Gasteiger partial charge in [-0.3, -0.25) is 4.79 Å². The van der Waals surface area contributed by atoms with Gasteiger partial charge in [0, 0.05) is 13.0 Å². The zero-order chi connectivity index (χ0) is 13.5. The van der Waals surface area contributed by atoms with E-state index in [0.29, 0.717) is 18.9 Å². The summed E-state index contributed by atoms with van der Waals surface area (Å²) in [7, 11) is 1.65. The fourth-order valence-electron chi connectivity index (χ4n) is 2.42. The van der Waals surface area contributed by atoms with Crippen LogP contribution in [0.3, 0.4) is 0 Å². The van der Waals surface area contributed by atoms with E-state index in [0.717, 1.165) is 30.8 Å². The van der Waals surface area contributed by atoms with Crippen molar-refractivity contribution in [3.05, 3.63) is 29.8 Å². The molecule has 1 aliphatic rings. The molecule has 2 rings (SSSR count). The number of nitrogens with one attached hydrogen (secondary N) is 2. The van der Waals surface area contributed by atoms with Crippen molar-refractivity contribution in [2.75, 3.05) is 20.2 Å². The summed E-state index contributed by atoms with van der Waals surface area (Å²) in [6.45, 7) is 2.62. The predicted molar refractivity (Wildman–Crippen MR) is 75.1 cm³/mol. The van der Waals surface area contributed by atoms with Gasteiger partial charge in [-0.15, -0.1) is 0 Å². The summed E-state index contributed by atoms with van der Waals surface area (Å²) in [4.78, 5) is 11.9. The Morgan fingerprint density at radius 3 is 3.16 bits per heavy atom. The molecule has 1 amide bonds. The van der Waals surface area contributed by atoms with E-state index in [1.807, 2.05) is 24.3 Å². The summed E-state index contributed by atoms with van der Waals surface area (Å²) >= 11 is 0. The average molecular weight is 262 g/mol. The number of carbonyl (C=O) groups is 1. The summed E-state index contributed by atoms with van der Waals surface area (Å²) in [5.41, 5.74) is 1.06. The number of hydrogen-bond acceptors (Lipinski definition) is 3. The SMILES string of the molecule is COc1cccc(CNC(=O)CC2CCCNC2)c1. The summed E-state index contributed by atoms with van der Waals surface area (Å²) in [5, 5.41) is 6.31. The van der Waals surface area contributed by atoms with Crippen molar-refractivity contribution < 1.29 is 9.53 Å². The first-order valence-electron chi connectivity index (χ1n) is 6.88. The Labute approximate surface area is 114 Å². The number of rotatable bonds is 5. The summed E-state index contributed by atoms with van der Waals surface area (Å²) in [5.74, 6) is 1.44. The van der Waals surface area contributed by atoms with Gasteiger partial charge in [-0.1, -0.05) is 12.1 Å². The number of ether oxygens (including phenoxy) is 1. The maximum atomic E-state index is 11.9. The van der Waals surface area contributed by atoms with E-state index in [1.54, 1.807) is 7.11 Å². The van der Waals surface area contributed by atoms with E-state index in [2.05, 4.69) is 10.6 Å². The lowest BCUT2D eigenvalue weighted by atomic mass is 9.96. The molecule has 2 N–H and O–H groups in total. The number of piperidine rings is 1. The Bertz CT molecular complexity index is 414. The van der Waals surface area contributed by atoms with Crippen LogP contribution in [-0.4, -0.2) is 26.1 Å². The molecule has 0 radical (unpaired) electrons. The van der Waals surface area contributed by atoms with Gasteiger partial charge in [-0.05, 0) is 49.5 Å². The fourth-order valence-corrected chi connectivity index (χ4v) is 2.42. The largest absolute Gasteiger partial charge is 0.497 e. The van der Waals surface area contributed by atoms with Crippen LogP contribution in [0.25, 0.3) is 0 Å². The van der Waals surface area contributed by atoms with Gasteiger partial charge >= 0.3 is 0 Å². The van der Waals surface area contributed by atoms with Gasteiger partial charge in [0.05, 0.1) is 7.11 Å². The van der Waals surface area contributed by atoms with Crippen molar-refractivity contribution in [3.8, 4) is 5.75 Å². The van der Waals surface area contributed by atoms with E-state index in [4.69, 9.17) is 4.74 Å². The number of amides is 1. The van der Waals surface area contributed by atoms with Crippen LogP contribution in [0.5, 0.6) is 5.75 Å². The molecule has 19 heavy (non-hydrogen) atoms. The second-order valence-electron chi connectivity index (χ2n) is 5.04. The highest BCUT2D eigenvalue weighted by Crippen LogP contribution is 2.14. The molecule has 1 fully saturated rings. The number of benzene rings is 1. The van der Waals surface area contributed by atoms with Crippen molar-refractivity contribution in [1.82, 2.24) is 10.6 Å². The van der Waals surface area contributed by atoms with Crippen molar-refractivity contribution in [2.45, 2.75) is 25.8 Å². The summed E-state index contributed by atoms with van der Waals surface area (Å²) < 4.78 is 5.16. The highest BCUT2D eigenvalue weighted by atomic mass is 16.5. The van der Waals surface area contributed by atoms with E-state index >= 15 is 0 Å². The smallest absolute Gasteiger partial charge is 0.220 e. The Morgan fingerprint density at radius 1 is 1.53 bits per heavy atom. The third kappa shape index (κ3) is 4.56. The Hall–Kier alpha value is -1.55. The first-order chi connectivity index (χ1) is 9.28. The molecule has 0 aromatic heterocycles. The van der Waals surface area contributed by atoms with Crippen LogP contribution in [-0.2, 0) is 11.3 Å². The molecule has 0 spiro atoms. The van der Waals surface area contributed by atoms with Crippen LogP contribution in [0.15, 0.2) is 24.3 Å². The minimum atomic E-state index is 0.136. The monoisotopic (exact) mass is 262 g/mol. The molecule has 1 atom stereocenters. The van der Waals surface area contributed by atoms with Crippen molar-refractivity contribution in [1.29, 1.82) is 0 Å². The van der Waals surface area contributed by atoms with Crippen LogP contribution in [0, 0.1) is 5.92 Å². The molecule has 4 heteroatoms. The molecule has 0 aliphatic carbocycles. The van der Waals surface area contributed by atoms with E-state index in [9.17, 15) is 4.79 Å². The summed E-state index contributed by atoms with van der Waals surface area (Å²) in [6, 6.07) is 7.78. The van der Waals surface area contributed by atoms with Gasteiger partial charge in [0.2, 0.25) is 5.91 Å². The quantitative estimate of drug-likeness (QED) is 0.849. The van der Waals surface area contributed by atoms with E-state index < -0.39 is 0 Å². The molecule has 0 bridgehead atoms. The third-order valence-electron chi connectivity index (χ3n) is 3.50. The molecule has 1 heterocycles. The highest BCUT2D eigenvalue weighted by Gasteiger charge is 2.16. The van der Waals surface area contributed by atoms with Gasteiger partial charge in [-0.2, -0.15) is 0 Å².